The van der Waals surface area contributed by atoms with Crippen LogP contribution in [-0.4, -0.2) is 75.8 Å². The number of carbonyl (C=O) groups excluding carboxylic acids is 5. The van der Waals surface area contributed by atoms with E-state index in [1.54, 1.807) is 32.2 Å². The first kappa shape index (κ1) is 34.7. The van der Waals surface area contributed by atoms with Crippen molar-refractivity contribution in [2.24, 2.45) is 11.1 Å². The van der Waals surface area contributed by atoms with Crippen LogP contribution in [0.5, 0.6) is 0 Å². The number of primary amides is 1. The summed E-state index contributed by atoms with van der Waals surface area (Å²) in [7, 11) is 0. The summed E-state index contributed by atoms with van der Waals surface area (Å²) < 4.78 is 14.9. The van der Waals surface area contributed by atoms with Crippen LogP contribution in [0.4, 0.5) is 9.93 Å². The van der Waals surface area contributed by atoms with E-state index in [1.165, 1.54) is 23.1 Å². The second-order valence-electron chi connectivity index (χ2n) is 9.25. The monoisotopic (exact) mass is 621 g/mol. The Morgan fingerprint density at radius 3 is 2.45 bits per heavy atom. The van der Waals surface area contributed by atoms with Gasteiger partial charge in [0.15, 0.2) is 5.13 Å². The summed E-state index contributed by atoms with van der Waals surface area (Å²) in [4.78, 5) is 67.6. The first-order valence-electron chi connectivity index (χ1n) is 11.5. The highest BCUT2D eigenvalue weighted by molar-refractivity contribution is 8.00. The minimum Gasteiger partial charge on any atom is -0.445 e. The van der Waals surface area contributed by atoms with Gasteiger partial charge in [-0.2, -0.15) is 0 Å². The lowest BCUT2D eigenvalue weighted by atomic mass is 9.98. The molecule has 222 valence electrons. The SMILES string of the molecule is CC/C=C(\C(=O)NC1C(=O)N2C(C(=O)OCOC(=O)C(C)(C)C)=C(COC(N)=O)CSC12)c1csc(N)n1.Cl.O. The van der Waals surface area contributed by atoms with E-state index in [0.29, 0.717) is 17.2 Å². The topological polar surface area (TPSA) is 225 Å². The number of fused-ring (bicyclic) bond motifs is 1. The number of rotatable bonds is 9. The number of nitrogen functional groups attached to an aromatic ring is 1. The number of anilines is 1. The van der Waals surface area contributed by atoms with Crippen LogP contribution in [0.2, 0.25) is 0 Å². The molecule has 3 amide bonds. The van der Waals surface area contributed by atoms with E-state index in [4.69, 9.17) is 25.7 Å². The largest absolute Gasteiger partial charge is 0.445 e. The Labute approximate surface area is 244 Å². The first-order chi connectivity index (χ1) is 17.8. The number of nitrogens with one attached hydrogen (secondary N) is 1. The Morgan fingerprint density at radius 2 is 1.90 bits per heavy atom. The summed E-state index contributed by atoms with van der Waals surface area (Å²) >= 11 is 2.45. The van der Waals surface area contributed by atoms with E-state index in [2.05, 4.69) is 10.3 Å². The number of amides is 3. The molecule has 0 bridgehead atoms. The molecule has 2 aliphatic rings. The van der Waals surface area contributed by atoms with Crippen LogP contribution in [0.25, 0.3) is 5.57 Å². The Bertz CT molecular complexity index is 1210. The van der Waals surface area contributed by atoms with Crippen LogP contribution in [0.1, 0.15) is 39.8 Å². The molecule has 2 aliphatic heterocycles. The molecular formula is C23H32ClN5O9S2. The predicted molar refractivity (Wildman–Crippen MR) is 150 cm³/mol. The van der Waals surface area contributed by atoms with Crippen LogP contribution in [0.3, 0.4) is 0 Å². The molecule has 1 aromatic rings. The molecule has 3 heterocycles. The second kappa shape index (κ2) is 14.3. The van der Waals surface area contributed by atoms with Gasteiger partial charge in [0.2, 0.25) is 6.79 Å². The number of β-lactam (4-membered cyclic amide) rings is 1. The Hall–Kier alpha value is -3.34. The Balaban J connectivity index is 0.00000400. The van der Waals surface area contributed by atoms with Gasteiger partial charge in [0.1, 0.15) is 23.7 Å². The van der Waals surface area contributed by atoms with Gasteiger partial charge in [0.05, 0.1) is 16.7 Å². The minimum absolute atomic E-state index is 0. The maximum absolute atomic E-state index is 13.1. The number of esters is 2. The standard InChI is InChI=1S/C23H29N5O8S2.ClH.H2O/c1-5-6-12(13-9-38-21(24)26-13)16(29)27-14-17(30)28-15(11(7-34-22(25)33)8-37-18(14)28)19(31)35-10-36-20(32)23(2,3)4;;/h6,9,14,18H,5,7-8,10H2,1-4H3,(H2,24,26)(H2,25,33)(H,27,29);1H;1H2/b12-6-;;. The number of nitrogens with zero attached hydrogens (tertiary/aromatic N) is 2. The van der Waals surface area contributed by atoms with Gasteiger partial charge in [-0.25, -0.2) is 14.6 Å². The maximum Gasteiger partial charge on any atom is 0.404 e. The number of halogens is 1. The third kappa shape index (κ3) is 7.87. The molecule has 2 atom stereocenters. The predicted octanol–water partition coefficient (Wildman–Crippen LogP) is 0.955. The summed E-state index contributed by atoms with van der Waals surface area (Å²) in [6, 6.07) is -0.941. The summed E-state index contributed by atoms with van der Waals surface area (Å²) in [6.45, 7) is 5.74. The molecule has 17 heteroatoms. The molecule has 0 saturated carbocycles. The Morgan fingerprint density at radius 1 is 1.23 bits per heavy atom. The fourth-order valence-electron chi connectivity index (χ4n) is 3.51. The zero-order chi connectivity index (χ0) is 28.2. The molecule has 7 N–H and O–H groups in total. The van der Waals surface area contributed by atoms with Gasteiger partial charge in [0, 0.05) is 16.7 Å². The normalized spacial score (nSPS) is 18.4. The van der Waals surface area contributed by atoms with Crippen molar-refractivity contribution in [2.45, 2.75) is 45.5 Å². The lowest BCUT2D eigenvalue weighted by molar-refractivity contribution is -0.173. The molecule has 0 aliphatic carbocycles. The quantitative estimate of drug-likeness (QED) is 0.152. The second-order valence-corrected chi connectivity index (χ2v) is 11.2. The van der Waals surface area contributed by atoms with Crippen LogP contribution in [0, 0.1) is 5.41 Å². The van der Waals surface area contributed by atoms with Gasteiger partial charge in [-0.15, -0.1) is 35.5 Å². The lowest BCUT2D eigenvalue weighted by Crippen LogP contribution is -2.70. The number of aromatic nitrogens is 1. The summed E-state index contributed by atoms with van der Waals surface area (Å²) in [5.74, 6) is -2.45. The van der Waals surface area contributed by atoms with Crippen molar-refractivity contribution >= 4 is 76.1 Å². The maximum atomic E-state index is 13.1. The van der Waals surface area contributed by atoms with Gasteiger partial charge in [-0.1, -0.05) is 13.0 Å². The third-order valence-electron chi connectivity index (χ3n) is 5.36. The number of allylic oxidation sites excluding steroid dienone is 1. The molecule has 1 saturated heterocycles. The Kier molecular flexibility index (Phi) is 12.4. The zero-order valence-electron chi connectivity index (χ0n) is 22.2. The molecule has 3 rings (SSSR count). The molecular weight excluding hydrogens is 590 g/mol. The molecule has 1 aromatic heterocycles. The van der Waals surface area contributed by atoms with Crippen molar-refractivity contribution < 1.29 is 43.7 Å². The van der Waals surface area contributed by atoms with Crippen molar-refractivity contribution in [1.82, 2.24) is 15.2 Å². The number of thioether (sulfide) groups is 1. The van der Waals surface area contributed by atoms with Crippen molar-refractivity contribution in [1.29, 1.82) is 0 Å². The fourth-order valence-corrected chi connectivity index (χ4v) is 5.40. The van der Waals surface area contributed by atoms with Gasteiger partial charge < -0.3 is 36.5 Å². The van der Waals surface area contributed by atoms with E-state index < -0.39 is 53.5 Å². The summed E-state index contributed by atoms with van der Waals surface area (Å²) in [6.07, 6.45) is 1.17. The average molecular weight is 622 g/mol. The van der Waals surface area contributed by atoms with Gasteiger partial charge in [0.25, 0.3) is 11.8 Å². The zero-order valence-corrected chi connectivity index (χ0v) is 24.6. The van der Waals surface area contributed by atoms with Crippen LogP contribution in [0.15, 0.2) is 22.7 Å². The number of hydrogen-bond donors (Lipinski definition) is 3. The van der Waals surface area contributed by atoms with E-state index in [9.17, 15) is 24.0 Å². The summed E-state index contributed by atoms with van der Waals surface area (Å²) in [5, 5.41) is 4.03. The molecule has 2 unspecified atom stereocenters. The van der Waals surface area contributed by atoms with Crippen molar-refractivity contribution in [3.63, 3.8) is 0 Å². The van der Waals surface area contributed by atoms with Crippen LogP contribution in [-0.2, 0) is 33.4 Å². The number of carbonyl (C=O) groups is 5. The van der Waals surface area contributed by atoms with Crippen molar-refractivity contribution in [3.05, 3.63) is 28.4 Å². The highest BCUT2D eigenvalue weighted by atomic mass is 35.5. The number of ether oxygens (including phenoxy) is 3. The fraction of sp³-hybridized carbons (Fsp3) is 0.478. The number of nitrogens with two attached hydrogens (primary N) is 2. The van der Waals surface area contributed by atoms with E-state index in [1.807, 2.05) is 6.92 Å². The molecule has 0 spiro atoms. The average Bonchev–Trinajstić information content (AvgIpc) is 3.28. The molecule has 14 nitrogen and oxygen atoms in total. The minimum atomic E-state index is -1.06. The highest BCUT2D eigenvalue weighted by Gasteiger charge is 2.54. The highest BCUT2D eigenvalue weighted by Crippen LogP contribution is 2.41. The molecule has 0 aromatic carbocycles. The van der Waals surface area contributed by atoms with Crippen LogP contribution < -0.4 is 16.8 Å². The van der Waals surface area contributed by atoms with Gasteiger partial charge >= 0.3 is 18.0 Å². The van der Waals surface area contributed by atoms with E-state index >= 15 is 0 Å². The van der Waals surface area contributed by atoms with Crippen molar-refractivity contribution in [3.8, 4) is 0 Å². The van der Waals surface area contributed by atoms with Gasteiger partial charge in [-0.3, -0.25) is 19.3 Å². The van der Waals surface area contributed by atoms with E-state index in [-0.39, 0.29) is 47.1 Å². The van der Waals surface area contributed by atoms with Gasteiger partial charge in [-0.05, 0) is 27.2 Å². The lowest BCUT2D eigenvalue weighted by Gasteiger charge is -2.49. The number of thiazole rings is 1. The smallest absolute Gasteiger partial charge is 0.404 e. The number of hydrogen-bond acceptors (Lipinski definition) is 12. The summed E-state index contributed by atoms with van der Waals surface area (Å²) in [5.41, 5.74) is 10.7. The molecule has 1 fully saturated rings. The van der Waals surface area contributed by atoms with Crippen LogP contribution >= 0.6 is 35.5 Å². The molecule has 40 heavy (non-hydrogen) atoms. The third-order valence-corrected chi connectivity index (χ3v) is 7.37. The van der Waals surface area contributed by atoms with E-state index in [0.717, 1.165) is 4.90 Å². The molecule has 0 radical (unpaired) electrons. The van der Waals surface area contributed by atoms with Crippen molar-refractivity contribution in [2.75, 3.05) is 24.9 Å². The first-order valence-corrected chi connectivity index (χ1v) is 13.4.